The van der Waals surface area contributed by atoms with Gasteiger partial charge in [-0.1, -0.05) is 36.9 Å². The lowest BCUT2D eigenvalue weighted by Crippen LogP contribution is -2.17. The van der Waals surface area contributed by atoms with Crippen molar-refractivity contribution in [3.63, 3.8) is 0 Å². The minimum atomic E-state index is -1.13. The molecule has 1 aromatic carbocycles. The molecule has 0 aliphatic rings. The Balaban J connectivity index is 2.76. The van der Waals surface area contributed by atoms with Gasteiger partial charge in [0, 0.05) is 12.7 Å². The van der Waals surface area contributed by atoms with E-state index in [-0.39, 0.29) is 5.57 Å². The minimum absolute atomic E-state index is 0.235. The van der Waals surface area contributed by atoms with Crippen molar-refractivity contribution in [2.45, 2.75) is 12.4 Å². The van der Waals surface area contributed by atoms with Crippen LogP contribution in [0, 0.1) is 0 Å². The van der Waals surface area contributed by atoms with Gasteiger partial charge in [0.2, 0.25) is 0 Å². The lowest BCUT2D eigenvalue weighted by molar-refractivity contribution is -0.0573. The highest BCUT2D eigenvalue weighted by Gasteiger charge is 2.17. The monoisotopic (exact) mass is 194 g/mol. The SMILES string of the molecule is C=C(C(O)OC)C(O)c1ccccc1. The third kappa shape index (κ3) is 2.42. The van der Waals surface area contributed by atoms with Crippen LogP contribution in [0.25, 0.3) is 0 Å². The smallest absolute Gasteiger partial charge is 0.179 e. The summed E-state index contributed by atoms with van der Waals surface area (Å²) < 4.78 is 4.65. The number of hydrogen-bond acceptors (Lipinski definition) is 3. The molecule has 2 N–H and O–H groups in total. The average molecular weight is 194 g/mol. The number of benzene rings is 1. The van der Waals surface area contributed by atoms with Crippen LogP contribution in [0.15, 0.2) is 42.5 Å². The molecule has 0 saturated carbocycles. The fourth-order valence-corrected chi connectivity index (χ4v) is 1.14. The van der Waals surface area contributed by atoms with Gasteiger partial charge >= 0.3 is 0 Å². The molecule has 1 aromatic rings. The number of ether oxygens (including phenoxy) is 1. The summed E-state index contributed by atoms with van der Waals surface area (Å²) >= 11 is 0. The molecule has 3 nitrogen and oxygen atoms in total. The van der Waals surface area contributed by atoms with E-state index in [9.17, 15) is 10.2 Å². The predicted molar refractivity (Wildman–Crippen MR) is 53.6 cm³/mol. The second-order valence-corrected chi connectivity index (χ2v) is 2.98. The molecule has 0 saturated heterocycles. The zero-order valence-electron chi connectivity index (χ0n) is 8.05. The van der Waals surface area contributed by atoms with Gasteiger partial charge in [-0.05, 0) is 5.56 Å². The maximum absolute atomic E-state index is 9.75. The van der Waals surface area contributed by atoms with E-state index in [1.54, 1.807) is 12.1 Å². The van der Waals surface area contributed by atoms with E-state index in [2.05, 4.69) is 11.3 Å². The number of rotatable bonds is 4. The van der Waals surface area contributed by atoms with Crippen LogP contribution in [0.2, 0.25) is 0 Å². The van der Waals surface area contributed by atoms with Gasteiger partial charge in [-0.15, -0.1) is 0 Å². The Morgan fingerprint density at radius 3 is 2.36 bits per heavy atom. The standard InChI is InChI=1S/C11H14O3/c1-8(11(13)14-2)10(12)9-6-4-3-5-7-9/h3-7,10-13H,1H2,2H3. The molecule has 2 unspecified atom stereocenters. The van der Waals surface area contributed by atoms with Gasteiger partial charge in [-0.3, -0.25) is 0 Å². The van der Waals surface area contributed by atoms with Crippen molar-refractivity contribution in [3.8, 4) is 0 Å². The molecular formula is C11H14O3. The lowest BCUT2D eigenvalue weighted by atomic mass is 10.0. The van der Waals surface area contributed by atoms with E-state index in [0.29, 0.717) is 5.56 Å². The summed E-state index contributed by atoms with van der Waals surface area (Å²) in [5, 5.41) is 19.0. The van der Waals surface area contributed by atoms with Gasteiger partial charge in [0.15, 0.2) is 6.29 Å². The van der Waals surface area contributed by atoms with Crippen molar-refractivity contribution in [1.29, 1.82) is 0 Å². The van der Waals surface area contributed by atoms with Crippen molar-refractivity contribution in [1.82, 2.24) is 0 Å². The Morgan fingerprint density at radius 1 is 1.29 bits per heavy atom. The number of aliphatic hydroxyl groups is 2. The van der Waals surface area contributed by atoms with Crippen LogP contribution >= 0.6 is 0 Å². The highest BCUT2D eigenvalue weighted by molar-refractivity contribution is 5.25. The predicted octanol–water partition coefficient (Wildman–Crippen LogP) is 1.24. The highest BCUT2D eigenvalue weighted by atomic mass is 16.6. The Hall–Kier alpha value is -1.16. The second kappa shape index (κ2) is 4.91. The minimum Gasteiger partial charge on any atom is -0.384 e. The maximum atomic E-state index is 9.75. The third-order valence-corrected chi connectivity index (χ3v) is 2.01. The molecule has 3 heteroatoms. The summed E-state index contributed by atoms with van der Waals surface area (Å²) in [6, 6.07) is 9.00. The van der Waals surface area contributed by atoms with Crippen LogP contribution in [0.4, 0.5) is 0 Å². The summed E-state index contributed by atoms with van der Waals surface area (Å²) in [6.07, 6.45) is -2.03. The van der Waals surface area contributed by atoms with Crippen LogP contribution in [-0.4, -0.2) is 23.6 Å². The van der Waals surface area contributed by atoms with Crippen molar-refractivity contribution < 1.29 is 14.9 Å². The van der Waals surface area contributed by atoms with Gasteiger partial charge < -0.3 is 14.9 Å². The first-order chi connectivity index (χ1) is 6.66. The quantitative estimate of drug-likeness (QED) is 0.560. The van der Waals surface area contributed by atoms with E-state index in [1.807, 2.05) is 18.2 Å². The van der Waals surface area contributed by atoms with Crippen molar-refractivity contribution in [2.24, 2.45) is 0 Å². The molecule has 0 aromatic heterocycles. The first-order valence-electron chi connectivity index (χ1n) is 4.29. The molecule has 1 rings (SSSR count). The second-order valence-electron chi connectivity index (χ2n) is 2.98. The third-order valence-electron chi connectivity index (χ3n) is 2.01. The molecule has 14 heavy (non-hydrogen) atoms. The Labute approximate surface area is 83.3 Å². The molecule has 0 heterocycles. The van der Waals surface area contributed by atoms with E-state index in [1.165, 1.54) is 7.11 Å². The zero-order valence-corrected chi connectivity index (χ0v) is 8.05. The summed E-state index contributed by atoms with van der Waals surface area (Å²) in [4.78, 5) is 0. The molecule has 0 bridgehead atoms. The zero-order chi connectivity index (χ0) is 10.6. The highest BCUT2D eigenvalue weighted by Crippen LogP contribution is 2.22. The van der Waals surface area contributed by atoms with Crippen molar-refractivity contribution in [2.75, 3.05) is 7.11 Å². The molecule has 0 amide bonds. The van der Waals surface area contributed by atoms with E-state index in [4.69, 9.17) is 0 Å². The van der Waals surface area contributed by atoms with Crippen molar-refractivity contribution >= 4 is 0 Å². The Kier molecular flexibility index (Phi) is 3.83. The summed E-state index contributed by atoms with van der Waals surface area (Å²) in [5.41, 5.74) is 0.923. The number of methoxy groups -OCH3 is 1. The topological polar surface area (TPSA) is 49.7 Å². The molecule has 2 atom stereocenters. The Bertz CT molecular complexity index is 295. The fourth-order valence-electron chi connectivity index (χ4n) is 1.14. The molecular weight excluding hydrogens is 180 g/mol. The van der Waals surface area contributed by atoms with Crippen LogP contribution in [-0.2, 0) is 4.74 Å². The van der Waals surface area contributed by atoms with Gasteiger partial charge in [-0.2, -0.15) is 0 Å². The van der Waals surface area contributed by atoms with Gasteiger partial charge in [0.05, 0.1) is 0 Å². The number of aliphatic hydroxyl groups excluding tert-OH is 2. The molecule has 76 valence electrons. The fraction of sp³-hybridized carbons (Fsp3) is 0.273. The average Bonchev–Trinajstić information content (AvgIpc) is 2.27. The largest absolute Gasteiger partial charge is 0.384 e. The Morgan fingerprint density at radius 2 is 1.86 bits per heavy atom. The van der Waals surface area contributed by atoms with Crippen molar-refractivity contribution in [3.05, 3.63) is 48.0 Å². The maximum Gasteiger partial charge on any atom is 0.179 e. The first kappa shape index (κ1) is 10.9. The van der Waals surface area contributed by atoms with E-state index in [0.717, 1.165) is 0 Å². The molecule has 0 spiro atoms. The van der Waals surface area contributed by atoms with Gasteiger partial charge in [-0.25, -0.2) is 0 Å². The van der Waals surface area contributed by atoms with Gasteiger partial charge in [0.25, 0.3) is 0 Å². The van der Waals surface area contributed by atoms with Crippen LogP contribution in [0.1, 0.15) is 11.7 Å². The normalized spacial score (nSPS) is 14.8. The first-order valence-corrected chi connectivity index (χ1v) is 4.29. The van der Waals surface area contributed by atoms with E-state index < -0.39 is 12.4 Å². The molecule has 0 aliphatic heterocycles. The summed E-state index contributed by atoms with van der Waals surface area (Å²) in [7, 11) is 1.35. The summed E-state index contributed by atoms with van der Waals surface area (Å²) in [5.74, 6) is 0. The van der Waals surface area contributed by atoms with Crippen LogP contribution in [0.3, 0.4) is 0 Å². The molecule has 0 radical (unpaired) electrons. The van der Waals surface area contributed by atoms with Gasteiger partial charge in [0.1, 0.15) is 6.10 Å². The molecule has 0 fully saturated rings. The summed E-state index contributed by atoms with van der Waals surface area (Å²) in [6.45, 7) is 3.58. The van der Waals surface area contributed by atoms with Crippen LogP contribution < -0.4 is 0 Å². The lowest BCUT2D eigenvalue weighted by Gasteiger charge is -2.17. The van der Waals surface area contributed by atoms with Crippen LogP contribution in [0.5, 0.6) is 0 Å². The molecule has 0 aliphatic carbocycles. The number of hydrogen-bond donors (Lipinski definition) is 2. The van der Waals surface area contributed by atoms with E-state index >= 15 is 0 Å².